The van der Waals surface area contributed by atoms with Crippen molar-refractivity contribution in [3.8, 4) is 0 Å². The minimum Gasteiger partial charge on any atom is -0.352 e. The van der Waals surface area contributed by atoms with E-state index in [1.165, 1.54) is 4.90 Å². The summed E-state index contributed by atoms with van der Waals surface area (Å²) in [6.07, 6.45) is 5.30. The maximum absolute atomic E-state index is 14.2. The van der Waals surface area contributed by atoms with Crippen LogP contribution in [0.4, 0.5) is 5.69 Å². The molecule has 1 saturated carbocycles. The summed E-state index contributed by atoms with van der Waals surface area (Å²) in [5, 5.41) is 3.57. The molecule has 3 aromatic rings. The van der Waals surface area contributed by atoms with Crippen LogP contribution < -0.4 is 9.62 Å². The number of benzene rings is 3. The van der Waals surface area contributed by atoms with E-state index in [-0.39, 0.29) is 18.5 Å². The molecule has 0 radical (unpaired) electrons. The lowest BCUT2D eigenvalue weighted by Crippen LogP contribution is -2.54. The number of nitrogens with one attached hydrogen (secondary N) is 1. The average molecular weight is 582 g/mol. The first-order valence-corrected chi connectivity index (χ1v) is 15.8. The maximum atomic E-state index is 14.2. The topological polar surface area (TPSA) is 86.8 Å². The molecule has 40 heavy (non-hydrogen) atoms. The van der Waals surface area contributed by atoms with Crippen molar-refractivity contribution in [2.45, 2.75) is 57.7 Å². The summed E-state index contributed by atoms with van der Waals surface area (Å²) >= 11 is 6.31. The lowest BCUT2D eigenvalue weighted by atomic mass is 10.0. The number of amides is 2. The van der Waals surface area contributed by atoms with Gasteiger partial charge in [-0.05, 0) is 48.6 Å². The SMILES string of the molecule is Cc1c(Cl)cccc1N(CC(=O)N(Cc1ccccc1)[C@H](Cc1ccccc1)C(=O)NC1CCCC1)S(C)(=O)=O. The fraction of sp³-hybridized carbons (Fsp3) is 0.355. The molecule has 2 amide bonds. The van der Waals surface area contributed by atoms with E-state index in [4.69, 9.17) is 11.6 Å². The number of sulfonamides is 1. The van der Waals surface area contributed by atoms with E-state index in [2.05, 4.69) is 5.32 Å². The van der Waals surface area contributed by atoms with Crippen LogP contribution in [0.1, 0.15) is 42.4 Å². The van der Waals surface area contributed by atoms with Gasteiger partial charge in [0.25, 0.3) is 0 Å². The van der Waals surface area contributed by atoms with E-state index in [9.17, 15) is 18.0 Å². The highest BCUT2D eigenvalue weighted by atomic mass is 35.5. The van der Waals surface area contributed by atoms with Crippen LogP contribution in [0, 0.1) is 6.92 Å². The minimum atomic E-state index is -3.86. The van der Waals surface area contributed by atoms with Crippen LogP contribution in [0.5, 0.6) is 0 Å². The van der Waals surface area contributed by atoms with Gasteiger partial charge in [-0.25, -0.2) is 8.42 Å². The number of carbonyl (C=O) groups excluding carboxylic acids is 2. The third-order valence-corrected chi connectivity index (χ3v) is 8.89. The molecular formula is C31H36ClN3O4S. The summed E-state index contributed by atoms with van der Waals surface area (Å²) in [4.78, 5) is 29.5. The van der Waals surface area contributed by atoms with Crippen molar-refractivity contribution < 1.29 is 18.0 Å². The van der Waals surface area contributed by atoms with E-state index in [0.717, 1.165) is 47.4 Å². The van der Waals surface area contributed by atoms with E-state index in [0.29, 0.717) is 22.7 Å². The molecule has 0 bridgehead atoms. The van der Waals surface area contributed by atoms with Crippen LogP contribution in [0.15, 0.2) is 78.9 Å². The van der Waals surface area contributed by atoms with Crippen molar-refractivity contribution in [1.29, 1.82) is 0 Å². The Balaban J connectivity index is 1.73. The summed E-state index contributed by atoms with van der Waals surface area (Å²) < 4.78 is 27.0. The van der Waals surface area contributed by atoms with Gasteiger partial charge in [-0.2, -0.15) is 0 Å². The van der Waals surface area contributed by atoms with Crippen LogP contribution >= 0.6 is 11.6 Å². The van der Waals surface area contributed by atoms with Crippen molar-refractivity contribution in [2.24, 2.45) is 0 Å². The molecule has 1 atom stereocenters. The van der Waals surface area contributed by atoms with Crippen molar-refractivity contribution >= 4 is 39.1 Å². The molecule has 0 aliphatic heterocycles. The van der Waals surface area contributed by atoms with Crippen molar-refractivity contribution in [3.05, 3.63) is 101 Å². The molecule has 212 valence electrons. The van der Waals surface area contributed by atoms with Crippen LogP contribution in [0.25, 0.3) is 0 Å². The molecule has 1 fully saturated rings. The summed E-state index contributed by atoms with van der Waals surface area (Å²) in [5.74, 6) is -0.707. The van der Waals surface area contributed by atoms with Gasteiger partial charge in [-0.3, -0.25) is 13.9 Å². The number of anilines is 1. The highest BCUT2D eigenvalue weighted by Gasteiger charge is 2.34. The van der Waals surface area contributed by atoms with E-state index >= 15 is 0 Å². The van der Waals surface area contributed by atoms with E-state index in [1.54, 1.807) is 25.1 Å². The molecule has 0 unspecified atom stereocenters. The quantitative estimate of drug-likeness (QED) is 0.341. The highest BCUT2D eigenvalue weighted by Crippen LogP contribution is 2.29. The second kappa shape index (κ2) is 13.3. The zero-order valence-corrected chi connectivity index (χ0v) is 24.5. The molecule has 9 heteroatoms. The van der Waals surface area contributed by atoms with Gasteiger partial charge < -0.3 is 10.2 Å². The van der Waals surface area contributed by atoms with Gasteiger partial charge in [0.1, 0.15) is 12.6 Å². The third kappa shape index (κ3) is 7.64. The first kappa shape index (κ1) is 29.6. The molecule has 0 spiro atoms. The molecule has 0 aromatic heterocycles. The zero-order chi connectivity index (χ0) is 28.7. The number of carbonyl (C=O) groups is 2. The first-order chi connectivity index (χ1) is 19.1. The summed E-state index contributed by atoms with van der Waals surface area (Å²) in [5.41, 5.74) is 2.63. The number of nitrogens with zero attached hydrogens (tertiary/aromatic N) is 2. The minimum absolute atomic E-state index is 0.0704. The van der Waals surface area contributed by atoms with Gasteiger partial charge in [-0.15, -0.1) is 0 Å². The largest absolute Gasteiger partial charge is 0.352 e. The smallest absolute Gasteiger partial charge is 0.244 e. The third-order valence-electron chi connectivity index (χ3n) is 7.36. The van der Waals surface area contributed by atoms with Crippen molar-refractivity contribution in [3.63, 3.8) is 0 Å². The van der Waals surface area contributed by atoms with Crippen LogP contribution in [-0.2, 0) is 32.6 Å². The monoisotopic (exact) mass is 581 g/mol. The molecule has 0 heterocycles. The molecule has 0 saturated heterocycles. The number of halogens is 1. The van der Waals surface area contributed by atoms with Crippen molar-refractivity contribution in [2.75, 3.05) is 17.1 Å². The van der Waals surface area contributed by atoms with E-state index in [1.807, 2.05) is 60.7 Å². The van der Waals surface area contributed by atoms with E-state index < -0.39 is 28.5 Å². The maximum Gasteiger partial charge on any atom is 0.244 e. The normalized spacial score (nSPS) is 14.5. The van der Waals surface area contributed by atoms with Crippen molar-refractivity contribution in [1.82, 2.24) is 10.2 Å². The Morgan fingerprint density at radius 2 is 1.52 bits per heavy atom. The molecule has 7 nitrogen and oxygen atoms in total. The van der Waals surface area contributed by atoms with Gasteiger partial charge in [0.05, 0.1) is 11.9 Å². The Bertz CT molecular complexity index is 1410. The lowest BCUT2D eigenvalue weighted by molar-refractivity contribution is -0.140. The lowest BCUT2D eigenvalue weighted by Gasteiger charge is -2.34. The molecule has 4 rings (SSSR count). The highest BCUT2D eigenvalue weighted by molar-refractivity contribution is 7.92. The van der Waals surface area contributed by atoms with Crippen LogP contribution in [0.3, 0.4) is 0 Å². The van der Waals surface area contributed by atoms with Gasteiger partial charge in [0.15, 0.2) is 0 Å². The Morgan fingerprint density at radius 3 is 2.12 bits per heavy atom. The second-order valence-corrected chi connectivity index (χ2v) is 12.7. The first-order valence-electron chi connectivity index (χ1n) is 13.5. The van der Waals surface area contributed by atoms with Gasteiger partial charge in [-0.1, -0.05) is 91.2 Å². The standard InChI is InChI=1S/C31H36ClN3O4S/c1-23-27(32)18-11-19-28(23)35(40(2,38)39)22-30(36)34(21-25-14-7-4-8-15-25)29(20-24-12-5-3-6-13-24)31(37)33-26-16-9-10-17-26/h3-8,11-15,18-19,26,29H,9-10,16-17,20-22H2,1-2H3,(H,33,37)/t29-/m1/s1. The fourth-order valence-electron chi connectivity index (χ4n) is 5.16. The Labute approximate surface area is 242 Å². The summed E-state index contributed by atoms with van der Waals surface area (Å²) in [6, 6.07) is 23.2. The Morgan fingerprint density at radius 1 is 0.925 bits per heavy atom. The van der Waals surface area contributed by atoms with Gasteiger partial charge in [0, 0.05) is 24.0 Å². The number of hydrogen-bond acceptors (Lipinski definition) is 4. The molecule has 3 aromatic carbocycles. The molecular weight excluding hydrogens is 546 g/mol. The fourth-order valence-corrected chi connectivity index (χ4v) is 6.23. The predicted molar refractivity (Wildman–Crippen MR) is 160 cm³/mol. The molecule has 1 aliphatic carbocycles. The zero-order valence-electron chi connectivity index (χ0n) is 22.9. The number of hydrogen-bond donors (Lipinski definition) is 1. The van der Waals surface area contributed by atoms with Crippen LogP contribution in [-0.4, -0.2) is 50.0 Å². The molecule has 1 aliphatic rings. The predicted octanol–water partition coefficient (Wildman–Crippen LogP) is 5.11. The Kier molecular flexibility index (Phi) is 9.87. The summed E-state index contributed by atoms with van der Waals surface area (Å²) in [6.45, 7) is 1.41. The van der Waals surface area contributed by atoms with Gasteiger partial charge >= 0.3 is 0 Å². The number of rotatable bonds is 11. The molecule has 1 N–H and O–H groups in total. The van der Waals surface area contributed by atoms with Crippen LogP contribution in [0.2, 0.25) is 5.02 Å². The second-order valence-electron chi connectivity index (χ2n) is 10.4. The Hall–Kier alpha value is -3.36. The average Bonchev–Trinajstić information content (AvgIpc) is 3.44. The summed E-state index contributed by atoms with van der Waals surface area (Å²) in [7, 11) is -3.86. The van der Waals surface area contributed by atoms with Gasteiger partial charge in [0.2, 0.25) is 21.8 Å².